The summed E-state index contributed by atoms with van der Waals surface area (Å²) in [5.74, 6) is 1.42. The van der Waals surface area contributed by atoms with Crippen LogP contribution in [0.3, 0.4) is 0 Å². The van der Waals surface area contributed by atoms with Crippen LogP contribution < -0.4 is 5.32 Å². The second-order valence-electron chi connectivity index (χ2n) is 5.23. The molecule has 1 fully saturated rings. The Labute approximate surface area is 105 Å². The molecule has 1 aliphatic rings. The van der Waals surface area contributed by atoms with Crippen LogP contribution in [0.2, 0.25) is 0 Å². The molecule has 0 aromatic carbocycles. The lowest BCUT2D eigenvalue weighted by Crippen LogP contribution is -2.19. The first-order valence-corrected chi connectivity index (χ1v) is 7.00. The minimum absolute atomic E-state index is 0.572. The number of rotatable bonds is 5. The Hall–Kier alpha value is -0.830. The standard InChI is InChI=1S/C14H25N3/c1-4-12(5-2)11(3)17-10-16-9-14(17)13-6-7-15-8-13/h9-13,15H,4-8H2,1-3H3. The van der Waals surface area contributed by atoms with Crippen molar-refractivity contribution in [2.45, 2.75) is 52.0 Å². The lowest BCUT2D eigenvalue weighted by molar-refractivity contribution is 0.324. The van der Waals surface area contributed by atoms with Crippen molar-refractivity contribution < 1.29 is 0 Å². The number of nitrogens with zero attached hydrogens (tertiary/aromatic N) is 2. The van der Waals surface area contributed by atoms with Crippen molar-refractivity contribution in [1.82, 2.24) is 14.9 Å². The van der Waals surface area contributed by atoms with Crippen molar-refractivity contribution in [3.63, 3.8) is 0 Å². The maximum absolute atomic E-state index is 4.37. The summed E-state index contributed by atoms with van der Waals surface area (Å²) in [6.07, 6.45) is 7.84. The van der Waals surface area contributed by atoms with E-state index in [-0.39, 0.29) is 0 Å². The van der Waals surface area contributed by atoms with Gasteiger partial charge in [-0.15, -0.1) is 0 Å². The third-order valence-corrected chi connectivity index (χ3v) is 4.34. The van der Waals surface area contributed by atoms with Crippen molar-refractivity contribution in [3.05, 3.63) is 18.2 Å². The van der Waals surface area contributed by atoms with Gasteiger partial charge in [-0.25, -0.2) is 4.98 Å². The van der Waals surface area contributed by atoms with Crippen molar-refractivity contribution in [2.75, 3.05) is 13.1 Å². The maximum Gasteiger partial charge on any atom is 0.0950 e. The van der Waals surface area contributed by atoms with Crippen LogP contribution in [-0.2, 0) is 0 Å². The molecule has 2 rings (SSSR count). The van der Waals surface area contributed by atoms with Gasteiger partial charge in [0, 0.05) is 30.4 Å². The zero-order valence-electron chi connectivity index (χ0n) is 11.3. The largest absolute Gasteiger partial charge is 0.331 e. The highest BCUT2D eigenvalue weighted by Crippen LogP contribution is 2.29. The second-order valence-corrected chi connectivity index (χ2v) is 5.23. The molecule has 0 radical (unpaired) electrons. The molecule has 3 heteroatoms. The van der Waals surface area contributed by atoms with E-state index in [0.29, 0.717) is 12.0 Å². The highest BCUT2D eigenvalue weighted by atomic mass is 15.1. The van der Waals surface area contributed by atoms with Crippen LogP contribution in [0.1, 0.15) is 57.7 Å². The summed E-state index contributed by atoms with van der Waals surface area (Å²) >= 11 is 0. The minimum Gasteiger partial charge on any atom is -0.331 e. The van der Waals surface area contributed by atoms with Gasteiger partial charge in [0.05, 0.1) is 6.33 Å². The molecule has 96 valence electrons. The van der Waals surface area contributed by atoms with E-state index in [4.69, 9.17) is 0 Å². The normalized spacial score (nSPS) is 22.2. The summed E-state index contributed by atoms with van der Waals surface area (Å²) < 4.78 is 2.41. The van der Waals surface area contributed by atoms with Gasteiger partial charge in [-0.2, -0.15) is 0 Å². The van der Waals surface area contributed by atoms with Crippen molar-refractivity contribution in [3.8, 4) is 0 Å². The van der Waals surface area contributed by atoms with Gasteiger partial charge in [0.2, 0.25) is 0 Å². The van der Waals surface area contributed by atoms with E-state index in [2.05, 4.69) is 41.8 Å². The fourth-order valence-corrected chi connectivity index (χ4v) is 3.08. The lowest BCUT2D eigenvalue weighted by atomic mass is 9.94. The highest BCUT2D eigenvalue weighted by molar-refractivity contribution is 5.10. The Bertz CT molecular complexity index is 335. The predicted octanol–water partition coefficient (Wildman–Crippen LogP) is 2.96. The molecule has 1 saturated heterocycles. The molecule has 1 aromatic heterocycles. The summed E-state index contributed by atoms with van der Waals surface area (Å²) in [4.78, 5) is 4.37. The van der Waals surface area contributed by atoms with Crippen LogP contribution in [0.25, 0.3) is 0 Å². The fraction of sp³-hybridized carbons (Fsp3) is 0.786. The maximum atomic E-state index is 4.37. The fourth-order valence-electron chi connectivity index (χ4n) is 3.08. The zero-order valence-corrected chi connectivity index (χ0v) is 11.3. The molecule has 1 aromatic rings. The lowest BCUT2D eigenvalue weighted by Gasteiger charge is -2.26. The average Bonchev–Trinajstić information content (AvgIpc) is 3.01. The third-order valence-electron chi connectivity index (χ3n) is 4.34. The van der Waals surface area contributed by atoms with Crippen LogP contribution in [0.4, 0.5) is 0 Å². The monoisotopic (exact) mass is 235 g/mol. The first kappa shape index (κ1) is 12.6. The number of aromatic nitrogens is 2. The Morgan fingerprint density at radius 2 is 2.24 bits per heavy atom. The molecule has 17 heavy (non-hydrogen) atoms. The van der Waals surface area contributed by atoms with Gasteiger partial charge in [0.1, 0.15) is 0 Å². The number of nitrogens with one attached hydrogen (secondary N) is 1. The molecular weight excluding hydrogens is 210 g/mol. The Kier molecular flexibility index (Phi) is 4.21. The second kappa shape index (κ2) is 5.67. The van der Waals surface area contributed by atoms with E-state index in [1.807, 2.05) is 6.33 Å². The van der Waals surface area contributed by atoms with Gasteiger partial charge in [0.25, 0.3) is 0 Å². The van der Waals surface area contributed by atoms with E-state index < -0.39 is 0 Å². The summed E-state index contributed by atoms with van der Waals surface area (Å²) in [6.45, 7) is 9.18. The van der Waals surface area contributed by atoms with Crippen molar-refractivity contribution >= 4 is 0 Å². The summed E-state index contributed by atoms with van der Waals surface area (Å²) in [6, 6.07) is 0.572. The average molecular weight is 235 g/mol. The smallest absolute Gasteiger partial charge is 0.0950 e. The molecule has 2 heterocycles. The molecule has 2 atom stereocenters. The Morgan fingerprint density at radius 1 is 1.47 bits per heavy atom. The van der Waals surface area contributed by atoms with Crippen molar-refractivity contribution in [2.24, 2.45) is 5.92 Å². The van der Waals surface area contributed by atoms with E-state index in [1.165, 1.54) is 25.0 Å². The Balaban J connectivity index is 2.17. The number of hydrogen-bond acceptors (Lipinski definition) is 2. The molecule has 3 nitrogen and oxygen atoms in total. The van der Waals surface area contributed by atoms with Gasteiger partial charge in [-0.05, 0) is 25.8 Å². The Morgan fingerprint density at radius 3 is 2.82 bits per heavy atom. The first-order valence-electron chi connectivity index (χ1n) is 7.00. The van der Waals surface area contributed by atoms with Crippen LogP contribution in [0, 0.1) is 5.92 Å². The van der Waals surface area contributed by atoms with Crippen molar-refractivity contribution in [1.29, 1.82) is 0 Å². The third kappa shape index (κ3) is 2.54. The van der Waals surface area contributed by atoms with E-state index >= 15 is 0 Å². The van der Waals surface area contributed by atoms with Gasteiger partial charge in [0.15, 0.2) is 0 Å². The molecule has 0 aliphatic carbocycles. The summed E-state index contributed by atoms with van der Waals surface area (Å²) in [5.41, 5.74) is 1.43. The molecule has 1 N–H and O–H groups in total. The van der Waals surface area contributed by atoms with Crippen LogP contribution in [0.5, 0.6) is 0 Å². The van der Waals surface area contributed by atoms with Gasteiger partial charge >= 0.3 is 0 Å². The molecular formula is C14H25N3. The van der Waals surface area contributed by atoms with Gasteiger partial charge in [-0.1, -0.05) is 26.7 Å². The molecule has 0 bridgehead atoms. The summed E-state index contributed by atoms with van der Waals surface area (Å²) in [7, 11) is 0. The SMILES string of the molecule is CCC(CC)C(C)n1cncc1C1CCNC1. The van der Waals surface area contributed by atoms with E-state index in [0.717, 1.165) is 19.0 Å². The first-order chi connectivity index (χ1) is 8.27. The number of hydrogen-bond donors (Lipinski definition) is 1. The molecule has 0 saturated carbocycles. The molecule has 1 aliphatic heterocycles. The van der Waals surface area contributed by atoms with Crippen LogP contribution in [-0.4, -0.2) is 22.6 Å². The minimum atomic E-state index is 0.572. The van der Waals surface area contributed by atoms with E-state index in [1.54, 1.807) is 0 Å². The van der Waals surface area contributed by atoms with Crippen LogP contribution in [0.15, 0.2) is 12.5 Å². The molecule has 2 unspecified atom stereocenters. The van der Waals surface area contributed by atoms with Gasteiger partial charge < -0.3 is 9.88 Å². The quantitative estimate of drug-likeness (QED) is 0.850. The topological polar surface area (TPSA) is 29.9 Å². The number of imidazole rings is 1. The van der Waals surface area contributed by atoms with Gasteiger partial charge in [-0.3, -0.25) is 0 Å². The van der Waals surface area contributed by atoms with Crippen LogP contribution >= 0.6 is 0 Å². The summed E-state index contributed by atoms with van der Waals surface area (Å²) in [5, 5.41) is 3.44. The highest BCUT2D eigenvalue weighted by Gasteiger charge is 2.24. The predicted molar refractivity (Wildman–Crippen MR) is 71.2 cm³/mol. The van der Waals surface area contributed by atoms with E-state index in [9.17, 15) is 0 Å². The molecule has 0 spiro atoms. The molecule has 0 amide bonds. The zero-order chi connectivity index (χ0) is 12.3.